The first-order chi connectivity index (χ1) is 14.1. The summed E-state index contributed by atoms with van der Waals surface area (Å²) in [7, 11) is -3.70. The Bertz CT molecular complexity index is 1190. The molecule has 0 aliphatic heterocycles. The second kappa shape index (κ2) is 7.61. The fourth-order valence-electron chi connectivity index (χ4n) is 4.31. The Kier molecular flexibility index (Phi) is 5.39. The first-order valence-corrected chi connectivity index (χ1v) is 12.3. The van der Waals surface area contributed by atoms with Crippen LogP contribution in [-0.4, -0.2) is 8.42 Å². The van der Waals surface area contributed by atoms with E-state index in [0.717, 1.165) is 48.0 Å². The van der Waals surface area contributed by atoms with Gasteiger partial charge in [0.2, 0.25) is 0 Å². The standard InChI is InChI=1S/C24H28ClNO3S/c1-5-24(3,4)16-6-11-22-19(13-16)20-14-21(15(2)12-23(20)29-22)26-30(27,28)18-9-7-17(25)8-10-18/h7-10,12,14,16,26H,5-6,11,13H2,1-4H3. The minimum atomic E-state index is -3.70. The van der Waals surface area contributed by atoms with Crippen molar-refractivity contribution >= 4 is 38.3 Å². The van der Waals surface area contributed by atoms with Crippen LogP contribution < -0.4 is 4.72 Å². The van der Waals surface area contributed by atoms with Crippen LogP contribution in [0.3, 0.4) is 0 Å². The maximum atomic E-state index is 12.9. The molecule has 6 heteroatoms. The van der Waals surface area contributed by atoms with Gasteiger partial charge in [-0.1, -0.05) is 38.8 Å². The number of aryl methyl sites for hydroxylation is 2. The van der Waals surface area contributed by atoms with Crippen molar-refractivity contribution in [3.63, 3.8) is 0 Å². The van der Waals surface area contributed by atoms with Gasteiger partial charge in [-0.15, -0.1) is 0 Å². The van der Waals surface area contributed by atoms with Crippen LogP contribution in [0.1, 0.15) is 50.5 Å². The van der Waals surface area contributed by atoms with Gasteiger partial charge in [0.15, 0.2) is 0 Å². The lowest BCUT2D eigenvalue weighted by Gasteiger charge is -2.36. The van der Waals surface area contributed by atoms with Crippen LogP contribution in [0.25, 0.3) is 11.0 Å². The summed E-state index contributed by atoms with van der Waals surface area (Å²) in [6.45, 7) is 8.81. The van der Waals surface area contributed by atoms with Gasteiger partial charge in [0.1, 0.15) is 11.3 Å². The van der Waals surface area contributed by atoms with E-state index in [-0.39, 0.29) is 10.3 Å². The Morgan fingerprint density at radius 2 is 1.90 bits per heavy atom. The Hall–Kier alpha value is -1.98. The summed E-state index contributed by atoms with van der Waals surface area (Å²) in [4.78, 5) is 0.186. The zero-order chi connectivity index (χ0) is 21.7. The molecule has 0 bridgehead atoms. The van der Waals surface area contributed by atoms with Gasteiger partial charge in [-0.25, -0.2) is 8.42 Å². The molecule has 160 valence electrons. The largest absolute Gasteiger partial charge is 0.461 e. The lowest BCUT2D eigenvalue weighted by molar-refractivity contribution is 0.179. The molecule has 1 aromatic heterocycles. The lowest BCUT2D eigenvalue weighted by Crippen LogP contribution is -2.28. The van der Waals surface area contributed by atoms with Crippen molar-refractivity contribution in [1.29, 1.82) is 0 Å². The summed E-state index contributed by atoms with van der Waals surface area (Å²) in [6, 6.07) is 10.0. The van der Waals surface area contributed by atoms with Gasteiger partial charge in [0.25, 0.3) is 10.0 Å². The van der Waals surface area contributed by atoms with Crippen molar-refractivity contribution < 1.29 is 12.8 Å². The van der Waals surface area contributed by atoms with Gasteiger partial charge in [0, 0.05) is 22.4 Å². The van der Waals surface area contributed by atoms with E-state index in [0.29, 0.717) is 16.6 Å². The molecular formula is C24H28ClNO3S. The van der Waals surface area contributed by atoms with Crippen molar-refractivity contribution in [3.05, 3.63) is 58.3 Å². The van der Waals surface area contributed by atoms with Crippen molar-refractivity contribution in [2.75, 3.05) is 4.72 Å². The number of hydrogen-bond acceptors (Lipinski definition) is 3. The van der Waals surface area contributed by atoms with Crippen LogP contribution in [0.15, 0.2) is 45.7 Å². The molecule has 4 nitrogen and oxygen atoms in total. The highest BCUT2D eigenvalue weighted by Gasteiger charge is 2.33. The topological polar surface area (TPSA) is 59.3 Å². The monoisotopic (exact) mass is 445 g/mol. The Balaban J connectivity index is 1.72. The molecule has 30 heavy (non-hydrogen) atoms. The number of anilines is 1. The number of rotatable bonds is 5. The average Bonchev–Trinajstić information content (AvgIpc) is 3.05. The molecule has 0 saturated carbocycles. The molecule has 1 N–H and O–H groups in total. The van der Waals surface area contributed by atoms with Crippen molar-refractivity contribution in [2.24, 2.45) is 11.3 Å². The molecule has 1 atom stereocenters. The molecule has 0 fully saturated rings. The fourth-order valence-corrected chi connectivity index (χ4v) is 5.56. The molecular weight excluding hydrogens is 418 g/mol. The Morgan fingerprint density at radius 3 is 2.57 bits per heavy atom. The van der Waals surface area contributed by atoms with Crippen LogP contribution in [0.5, 0.6) is 0 Å². The molecule has 0 amide bonds. The fraction of sp³-hybridized carbons (Fsp3) is 0.417. The Labute approximate surface area is 183 Å². The highest BCUT2D eigenvalue weighted by molar-refractivity contribution is 7.92. The van der Waals surface area contributed by atoms with E-state index in [1.807, 2.05) is 19.1 Å². The second-order valence-electron chi connectivity index (χ2n) is 9.01. The third-order valence-electron chi connectivity index (χ3n) is 6.78. The predicted octanol–water partition coefficient (Wildman–Crippen LogP) is 6.74. The first-order valence-electron chi connectivity index (χ1n) is 10.4. The Morgan fingerprint density at radius 1 is 1.20 bits per heavy atom. The molecule has 0 radical (unpaired) electrons. The second-order valence-corrected chi connectivity index (χ2v) is 11.1. The summed E-state index contributed by atoms with van der Waals surface area (Å²) >= 11 is 5.90. The number of benzene rings is 2. The highest BCUT2D eigenvalue weighted by Crippen LogP contribution is 2.43. The number of sulfonamides is 1. The minimum Gasteiger partial charge on any atom is -0.461 e. The highest BCUT2D eigenvalue weighted by atomic mass is 35.5. The summed E-state index contributed by atoms with van der Waals surface area (Å²) < 4.78 is 34.7. The molecule has 0 spiro atoms. The molecule has 0 saturated heterocycles. The van der Waals surface area contributed by atoms with Crippen LogP contribution >= 0.6 is 11.6 Å². The number of halogens is 1. The van der Waals surface area contributed by atoms with Gasteiger partial charge >= 0.3 is 0 Å². The van der Waals surface area contributed by atoms with Gasteiger partial charge in [-0.2, -0.15) is 0 Å². The summed E-state index contributed by atoms with van der Waals surface area (Å²) in [5.74, 6) is 1.64. The quantitative estimate of drug-likeness (QED) is 0.473. The molecule has 1 heterocycles. The van der Waals surface area contributed by atoms with E-state index in [1.165, 1.54) is 17.7 Å². The molecule has 3 aromatic rings. The average molecular weight is 446 g/mol. The van der Waals surface area contributed by atoms with Gasteiger partial charge in [-0.3, -0.25) is 4.72 Å². The van der Waals surface area contributed by atoms with Gasteiger partial charge < -0.3 is 4.42 Å². The smallest absolute Gasteiger partial charge is 0.261 e. The zero-order valence-electron chi connectivity index (χ0n) is 17.9. The third kappa shape index (κ3) is 3.85. The van der Waals surface area contributed by atoms with Crippen LogP contribution in [-0.2, 0) is 22.9 Å². The molecule has 1 aliphatic rings. The van der Waals surface area contributed by atoms with Gasteiger partial charge in [-0.05, 0) is 73.1 Å². The van der Waals surface area contributed by atoms with Crippen molar-refractivity contribution in [1.82, 2.24) is 0 Å². The molecule has 1 aliphatic carbocycles. The molecule has 1 unspecified atom stereocenters. The van der Waals surface area contributed by atoms with Crippen LogP contribution in [0, 0.1) is 18.3 Å². The van der Waals surface area contributed by atoms with Crippen LogP contribution in [0.2, 0.25) is 5.02 Å². The van der Waals surface area contributed by atoms with E-state index in [2.05, 4.69) is 25.5 Å². The van der Waals surface area contributed by atoms with Crippen LogP contribution in [0.4, 0.5) is 5.69 Å². The van der Waals surface area contributed by atoms with E-state index >= 15 is 0 Å². The lowest BCUT2D eigenvalue weighted by atomic mass is 9.69. The van der Waals surface area contributed by atoms with E-state index in [1.54, 1.807) is 12.1 Å². The zero-order valence-corrected chi connectivity index (χ0v) is 19.5. The van der Waals surface area contributed by atoms with Crippen molar-refractivity contribution in [2.45, 2.75) is 58.3 Å². The number of fused-ring (bicyclic) bond motifs is 3. The van der Waals surface area contributed by atoms with E-state index in [4.69, 9.17) is 16.0 Å². The minimum absolute atomic E-state index is 0.186. The summed E-state index contributed by atoms with van der Waals surface area (Å²) in [6.07, 6.45) is 4.16. The SMILES string of the molecule is CCC(C)(C)C1CCc2oc3cc(C)c(NS(=O)(=O)c4ccc(Cl)cc4)cc3c2C1. The van der Waals surface area contributed by atoms with Gasteiger partial charge in [0.05, 0.1) is 10.6 Å². The summed E-state index contributed by atoms with van der Waals surface area (Å²) in [5, 5.41) is 1.52. The molecule has 2 aromatic carbocycles. The predicted molar refractivity (Wildman–Crippen MR) is 123 cm³/mol. The number of hydrogen-bond donors (Lipinski definition) is 1. The van der Waals surface area contributed by atoms with E-state index < -0.39 is 10.0 Å². The molecule has 4 rings (SSSR count). The number of furan rings is 1. The third-order valence-corrected chi connectivity index (χ3v) is 8.41. The van der Waals surface area contributed by atoms with Crippen molar-refractivity contribution in [3.8, 4) is 0 Å². The first kappa shape index (κ1) is 21.3. The maximum Gasteiger partial charge on any atom is 0.261 e. The number of nitrogens with one attached hydrogen (secondary N) is 1. The summed E-state index contributed by atoms with van der Waals surface area (Å²) in [5.41, 5.74) is 3.75. The normalized spacial score (nSPS) is 17.2. The maximum absolute atomic E-state index is 12.9. The van der Waals surface area contributed by atoms with E-state index in [9.17, 15) is 8.42 Å².